The molecule has 6 heteroatoms. The zero-order chi connectivity index (χ0) is 37.5. The molecule has 0 saturated heterocycles. The molecule has 0 heterocycles. The predicted molar refractivity (Wildman–Crippen MR) is 216 cm³/mol. The van der Waals surface area contributed by atoms with Crippen molar-refractivity contribution >= 4 is 11.9 Å². The number of aliphatic hydroxyl groups is 2. The minimum Gasteiger partial charge on any atom is -0.462 e. The summed E-state index contributed by atoms with van der Waals surface area (Å²) >= 11 is 0. The molecule has 0 bridgehead atoms. The second-order valence-corrected chi connectivity index (χ2v) is 15.1. The number of rotatable bonds is 38. The lowest BCUT2D eigenvalue weighted by Gasteiger charge is -2.16. The van der Waals surface area contributed by atoms with Gasteiger partial charge in [0.25, 0.3) is 0 Å². The topological polar surface area (TPSA) is 93.1 Å². The Bertz CT molecular complexity index is 848. The first-order valence-corrected chi connectivity index (χ1v) is 21.5. The number of ether oxygens (including phenoxy) is 2. The van der Waals surface area contributed by atoms with Crippen molar-refractivity contribution in [1.82, 2.24) is 0 Å². The first kappa shape index (κ1) is 49.1. The summed E-state index contributed by atoms with van der Waals surface area (Å²) in [4.78, 5) is 24.3. The Hall–Kier alpha value is -1.92. The van der Waals surface area contributed by atoms with Gasteiger partial charge >= 0.3 is 11.9 Å². The number of allylic oxidation sites excluding steroid dienone is 5. The molecule has 2 atom stereocenters. The number of hydrogen-bond donors (Lipinski definition) is 2. The molecule has 0 aromatic carbocycles. The first-order chi connectivity index (χ1) is 24.9. The van der Waals surface area contributed by atoms with Gasteiger partial charge in [-0.2, -0.15) is 0 Å². The second kappa shape index (κ2) is 39.3. The Labute approximate surface area is 315 Å². The quantitative estimate of drug-likeness (QED) is 0.0286. The van der Waals surface area contributed by atoms with E-state index in [1.54, 1.807) is 6.08 Å². The second-order valence-electron chi connectivity index (χ2n) is 15.1. The van der Waals surface area contributed by atoms with E-state index in [0.29, 0.717) is 19.3 Å². The molecule has 0 aromatic heterocycles. The zero-order valence-electron chi connectivity index (χ0n) is 33.6. The van der Waals surface area contributed by atoms with Crippen LogP contribution in [-0.4, -0.2) is 47.6 Å². The SMILES string of the molecule is CCCCCCCC/C=C/C/C=C/C=C/C(O)CCCC(=O)O[C@@H](CO)COC(=O)CCCCCCCCCCCCCCCCCCC(C)C. The number of esters is 2. The maximum Gasteiger partial charge on any atom is 0.306 e. The monoisotopic (exact) mass is 719 g/mol. The third-order valence-electron chi connectivity index (χ3n) is 9.47. The van der Waals surface area contributed by atoms with E-state index >= 15 is 0 Å². The summed E-state index contributed by atoms with van der Waals surface area (Å²) in [7, 11) is 0. The van der Waals surface area contributed by atoms with Crippen molar-refractivity contribution in [2.75, 3.05) is 13.2 Å². The normalized spacial score (nSPS) is 13.2. The van der Waals surface area contributed by atoms with Crippen LogP contribution in [0.3, 0.4) is 0 Å². The van der Waals surface area contributed by atoms with Crippen LogP contribution < -0.4 is 0 Å². The van der Waals surface area contributed by atoms with Crippen molar-refractivity contribution in [3.63, 3.8) is 0 Å². The van der Waals surface area contributed by atoms with Crippen LogP contribution in [0, 0.1) is 5.92 Å². The molecule has 0 aromatic rings. The van der Waals surface area contributed by atoms with Gasteiger partial charge in [-0.15, -0.1) is 0 Å². The molecule has 298 valence electrons. The number of aliphatic hydroxyl groups excluding tert-OH is 2. The Morgan fingerprint density at radius 1 is 0.588 bits per heavy atom. The fraction of sp³-hybridized carbons (Fsp3) is 0.822. The highest BCUT2D eigenvalue weighted by molar-refractivity contribution is 5.70. The summed E-state index contributed by atoms with van der Waals surface area (Å²) in [6.07, 6.45) is 43.9. The molecule has 0 rings (SSSR count). The molecule has 2 N–H and O–H groups in total. The number of unbranched alkanes of at least 4 members (excludes halogenated alkanes) is 21. The molecule has 6 nitrogen and oxygen atoms in total. The van der Waals surface area contributed by atoms with E-state index in [1.165, 1.54) is 128 Å². The molecule has 0 radical (unpaired) electrons. The molecule has 0 saturated carbocycles. The minimum absolute atomic E-state index is 0.132. The Balaban J connectivity index is 3.68. The van der Waals surface area contributed by atoms with Crippen LogP contribution in [0.1, 0.15) is 207 Å². The van der Waals surface area contributed by atoms with E-state index in [0.717, 1.165) is 38.0 Å². The van der Waals surface area contributed by atoms with Gasteiger partial charge in [-0.25, -0.2) is 0 Å². The maximum atomic E-state index is 12.2. The van der Waals surface area contributed by atoms with Crippen LogP contribution in [0.25, 0.3) is 0 Å². The Morgan fingerprint density at radius 3 is 1.69 bits per heavy atom. The minimum atomic E-state index is -0.860. The van der Waals surface area contributed by atoms with Crippen molar-refractivity contribution in [1.29, 1.82) is 0 Å². The number of carbonyl (C=O) groups is 2. The maximum absolute atomic E-state index is 12.2. The van der Waals surface area contributed by atoms with Crippen molar-refractivity contribution in [3.8, 4) is 0 Å². The molecule has 1 unspecified atom stereocenters. The van der Waals surface area contributed by atoms with Crippen molar-refractivity contribution < 1.29 is 29.3 Å². The lowest BCUT2D eigenvalue weighted by molar-refractivity contribution is -0.161. The van der Waals surface area contributed by atoms with Crippen molar-refractivity contribution in [2.24, 2.45) is 5.92 Å². The van der Waals surface area contributed by atoms with Gasteiger partial charge in [0.2, 0.25) is 0 Å². The van der Waals surface area contributed by atoms with Crippen LogP contribution >= 0.6 is 0 Å². The van der Waals surface area contributed by atoms with Crippen LogP contribution in [0.5, 0.6) is 0 Å². The average molecular weight is 719 g/mol. The lowest BCUT2D eigenvalue weighted by atomic mass is 10.0. The summed E-state index contributed by atoms with van der Waals surface area (Å²) in [6.45, 7) is 6.34. The summed E-state index contributed by atoms with van der Waals surface area (Å²) in [6, 6.07) is 0. The molecular formula is C45H82O6. The molecular weight excluding hydrogens is 636 g/mol. The van der Waals surface area contributed by atoms with Gasteiger partial charge in [0.05, 0.1) is 12.7 Å². The lowest BCUT2D eigenvalue weighted by Crippen LogP contribution is -2.28. The molecule has 0 aliphatic heterocycles. The van der Waals surface area contributed by atoms with E-state index in [9.17, 15) is 19.8 Å². The van der Waals surface area contributed by atoms with Gasteiger partial charge in [0.15, 0.2) is 6.10 Å². The first-order valence-electron chi connectivity index (χ1n) is 21.5. The standard InChI is InChI=1S/C45H82O6/c1-4-5-6-7-8-9-10-15-19-22-25-28-31-35-42(47)36-33-38-45(49)51-43(39-46)40-50-44(48)37-32-29-26-23-20-17-14-12-11-13-16-18-21-24-27-30-34-41(2)3/h15,19,25,28,31,35,41-43,46-47H,4-14,16-18,20-24,26-27,29-30,32-34,36-40H2,1-3H3/b19-15+,28-25+,35-31+/t42?,43-/m0/s1. The molecule has 0 aliphatic carbocycles. The van der Waals surface area contributed by atoms with Crippen LogP contribution in [-0.2, 0) is 19.1 Å². The highest BCUT2D eigenvalue weighted by Gasteiger charge is 2.16. The highest BCUT2D eigenvalue weighted by atomic mass is 16.6. The van der Waals surface area contributed by atoms with E-state index in [1.807, 2.05) is 12.2 Å². The van der Waals surface area contributed by atoms with Gasteiger partial charge in [-0.05, 0) is 44.4 Å². The third kappa shape index (κ3) is 39.1. The Morgan fingerprint density at radius 2 is 1.12 bits per heavy atom. The fourth-order valence-electron chi connectivity index (χ4n) is 6.16. The van der Waals surface area contributed by atoms with Crippen LogP contribution in [0.4, 0.5) is 0 Å². The largest absolute Gasteiger partial charge is 0.462 e. The van der Waals surface area contributed by atoms with E-state index in [-0.39, 0.29) is 19.0 Å². The zero-order valence-corrected chi connectivity index (χ0v) is 33.6. The van der Waals surface area contributed by atoms with E-state index in [2.05, 4.69) is 39.0 Å². The summed E-state index contributed by atoms with van der Waals surface area (Å²) < 4.78 is 10.5. The van der Waals surface area contributed by atoms with Gasteiger partial charge in [-0.3, -0.25) is 9.59 Å². The molecule has 51 heavy (non-hydrogen) atoms. The molecule has 0 fully saturated rings. The molecule has 0 spiro atoms. The van der Waals surface area contributed by atoms with Crippen LogP contribution in [0.2, 0.25) is 0 Å². The Kier molecular flexibility index (Phi) is 37.8. The van der Waals surface area contributed by atoms with Crippen molar-refractivity contribution in [2.45, 2.75) is 219 Å². The number of carbonyl (C=O) groups excluding carboxylic acids is 2. The average Bonchev–Trinajstić information content (AvgIpc) is 3.11. The molecule has 0 aliphatic rings. The van der Waals surface area contributed by atoms with Gasteiger partial charge < -0.3 is 19.7 Å². The fourth-order valence-corrected chi connectivity index (χ4v) is 6.16. The summed E-state index contributed by atoms with van der Waals surface area (Å²) in [5.74, 6) is 0.0693. The van der Waals surface area contributed by atoms with Gasteiger partial charge in [0, 0.05) is 12.8 Å². The van der Waals surface area contributed by atoms with Gasteiger partial charge in [0.1, 0.15) is 6.61 Å². The van der Waals surface area contributed by atoms with Gasteiger partial charge in [-0.1, -0.05) is 192 Å². The number of hydrogen-bond acceptors (Lipinski definition) is 6. The van der Waals surface area contributed by atoms with Crippen molar-refractivity contribution in [3.05, 3.63) is 36.5 Å². The highest BCUT2D eigenvalue weighted by Crippen LogP contribution is 2.16. The predicted octanol–water partition coefficient (Wildman–Crippen LogP) is 12.5. The molecule has 0 amide bonds. The smallest absolute Gasteiger partial charge is 0.306 e. The third-order valence-corrected chi connectivity index (χ3v) is 9.47. The van der Waals surface area contributed by atoms with Crippen LogP contribution in [0.15, 0.2) is 36.5 Å². The summed E-state index contributed by atoms with van der Waals surface area (Å²) in [5, 5.41) is 19.7. The summed E-state index contributed by atoms with van der Waals surface area (Å²) in [5.41, 5.74) is 0. The van der Waals surface area contributed by atoms with E-state index < -0.39 is 24.8 Å². The van der Waals surface area contributed by atoms with E-state index in [4.69, 9.17) is 9.47 Å².